The third-order valence-electron chi connectivity index (χ3n) is 9.32. The fourth-order valence-electron chi connectivity index (χ4n) is 7.36. The Morgan fingerprint density at radius 3 is 0.897 bits per heavy atom. The monoisotopic (exact) mass is 668 g/mol. The van der Waals surface area contributed by atoms with Gasteiger partial charge in [-0.05, 0) is 86.3 Å². The fourth-order valence-corrected chi connectivity index (χ4v) is 14.6. The molecule has 4 aliphatic carbocycles. The fraction of sp³-hybridized carbons (Fsp3) is 0.875. The van der Waals surface area contributed by atoms with E-state index in [0.29, 0.717) is 12.7 Å². The van der Waals surface area contributed by atoms with Gasteiger partial charge in [-0.2, -0.15) is 0 Å². The summed E-state index contributed by atoms with van der Waals surface area (Å²) in [6.07, 6.45) is 39.3. The Morgan fingerprint density at radius 1 is 0.462 bits per heavy atom. The van der Waals surface area contributed by atoms with E-state index >= 15 is 0 Å². The van der Waals surface area contributed by atoms with E-state index in [1.54, 1.807) is 12.2 Å². The summed E-state index contributed by atoms with van der Waals surface area (Å²) in [6.45, 7) is -0.559. The number of hydrogen-bond donors (Lipinski definition) is 0. The first-order chi connectivity index (χ1) is 19.2. The minimum atomic E-state index is -0.279. The summed E-state index contributed by atoms with van der Waals surface area (Å²) in [5.74, 6) is 0. The summed E-state index contributed by atoms with van der Waals surface area (Å²) in [5.41, 5.74) is 4.00. The molecular formula is C32H56Cl2F2NiP2. The molecule has 7 heteroatoms. The van der Waals surface area contributed by atoms with Crippen LogP contribution in [0.1, 0.15) is 128 Å². The average molecular weight is 670 g/mol. The molecule has 0 N–H and O–H groups in total. The molecule has 0 aromatic carbocycles. The standard InChI is InChI=1S/2C16H28FP.2ClH.Ni/c2*17-13-7-8-14-18(15-9-3-1-4-10-15)16-11-5-2-6-12-16;;;/h2*7-8,15-16H,1-6,9-14H2;2*1H;/q;;;;+2/p-2. The topological polar surface area (TPSA) is 0 Å². The molecular weight excluding hydrogens is 614 g/mol. The van der Waals surface area contributed by atoms with Gasteiger partial charge in [0.25, 0.3) is 0 Å². The second kappa shape index (κ2) is 24.7. The van der Waals surface area contributed by atoms with Crippen LogP contribution in [0.15, 0.2) is 24.3 Å². The van der Waals surface area contributed by atoms with E-state index in [-0.39, 0.29) is 29.2 Å². The Hall–Kier alpha value is 1.27. The second-order valence-electron chi connectivity index (χ2n) is 11.9. The van der Waals surface area contributed by atoms with Gasteiger partial charge in [0.15, 0.2) is 0 Å². The van der Waals surface area contributed by atoms with Gasteiger partial charge >= 0.3 is 33.0 Å². The molecule has 39 heavy (non-hydrogen) atoms. The Morgan fingerprint density at radius 2 is 0.692 bits per heavy atom. The van der Waals surface area contributed by atoms with Crippen molar-refractivity contribution in [2.45, 2.75) is 151 Å². The van der Waals surface area contributed by atoms with Gasteiger partial charge in [0.1, 0.15) is 13.3 Å². The second-order valence-corrected chi connectivity index (χ2v) is 19.2. The molecule has 0 bridgehead atoms. The predicted octanol–water partition coefficient (Wildman–Crippen LogP) is 12.7. The zero-order chi connectivity index (χ0) is 28.0. The number of halogens is 4. The van der Waals surface area contributed by atoms with Gasteiger partial charge in [-0.3, -0.25) is 0 Å². The molecule has 0 aliphatic heterocycles. The number of hydrogen-bond acceptors (Lipinski definition) is 0. The first kappa shape index (κ1) is 36.5. The van der Waals surface area contributed by atoms with Gasteiger partial charge in [0.2, 0.25) is 0 Å². The molecule has 0 radical (unpaired) electrons. The molecule has 0 saturated heterocycles. The molecule has 0 atom stereocenters. The SMILES string of the molecule is FCC=CCP(C1CCCCC1)C1CCCCC1.FCC=CCP(C1CCCCC1)C1CCCCC1.[Cl][Ni][Cl]. The average Bonchev–Trinajstić information content (AvgIpc) is 3.00. The van der Waals surface area contributed by atoms with Gasteiger partial charge in [0.05, 0.1) is 0 Å². The Labute approximate surface area is 257 Å². The zero-order valence-corrected chi connectivity index (χ0v) is 28.6. The van der Waals surface area contributed by atoms with Crippen LogP contribution >= 0.6 is 36.2 Å². The molecule has 4 fully saturated rings. The molecule has 0 aromatic heterocycles. The quantitative estimate of drug-likeness (QED) is 0.123. The molecule has 0 spiro atoms. The van der Waals surface area contributed by atoms with Gasteiger partial charge in [0, 0.05) is 0 Å². The molecule has 0 unspecified atom stereocenters. The summed E-state index contributed by atoms with van der Waals surface area (Å²) in [6, 6.07) is 0. The van der Waals surface area contributed by atoms with Crippen molar-refractivity contribution < 1.29 is 21.4 Å². The van der Waals surface area contributed by atoms with Crippen molar-refractivity contribution in [1.29, 1.82) is 0 Å². The van der Waals surface area contributed by atoms with Crippen LogP contribution in [-0.2, 0) is 12.7 Å². The van der Waals surface area contributed by atoms with Crippen molar-refractivity contribution in [2.75, 3.05) is 25.7 Å². The van der Waals surface area contributed by atoms with Crippen LogP contribution < -0.4 is 0 Å². The first-order valence-corrected chi connectivity index (χ1v) is 22.1. The third kappa shape index (κ3) is 15.5. The molecule has 232 valence electrons. The summed E-state index contributed by atoms with van der Waals surface area (Å²) in [4.78, 5) is 0. The van der Waals surface area contributed by atoms with Crippen molar-refractivity contribution in [1.82, 2.24) is 0 Å². The van der Waals surface area contributed by atoms with Gasteiger partial charge in [-0.1, -0.05) is 117 Å². The van der Waals surface area contributed by atoms with Crippen LogP contribution in [0.4, 0.5) is 8.78 Å². The molecule has 0 heterocycles. The van der Waals surface area contributed by atoms with Crippen molar-refractivity contribution in [3.05, 3.63) is 24.3 Å². The molecule has 0 nitrogen and oxygen atoms in total. The minimum absolute atomic E-state index is 0.138. The van der Waals surface area contributed by atoms with E-state index in [4.69, 9.17) is 20.4 Å². The summed E-state index contributed by atoms with van der Waals surface area (Å²) in [7, 11) is 9.68. The van der Waals surface area contributed by atoms with Crippen molar-refractivity contribution in [2.24, 2.45) is 0 Å². The Kier molecular flexibility index (Phi) is 23.1. The first-order valence-electron chi connectivity index (χ1n) is 16.0. The Bertz CT molecular complexity index is 527. The number of allylic oxidation sites excluding steroid dienone is 4. The van der Waals surface area contributed by atoms with E-state index in [9.17, 15) is 8.78 Å². The van der Waals surface area contributed by atoms with Crippen LogP contribution in [0.3, 0.4) is 0 Å². The van der Waals surface area contributed by atoms with Crippen LogP contribution in [-0.4, -0.2) is 48.3 Å². The van der Waals surface area contributed by atoms with Crippen LogP contribution in [0.2, 0.25) is 0 Å². The third-order valence-corrected chi connectivity index (χ3v) is 16.4. The molecule has 4 saturated carbocycles. The maximum absolute atomic E-state index is 12.2. The van der Waals surface area contributed by atoms with E-state index in [2.05, 4.69) is 12.2 Å². The normalized spacial score (nSPS) is 22.8. The molecule has 0 amide bonds. The van der Waals surface area contributed by atoms with Crippen molar-refractivity contribution >= 4 is 36.2 Å². The van der Waals surface area contributed by atoms with Crippen LogP contribution in [0, 0.1) is 0 Å². The van der Waals surface area contributed by atoms with Gasteiger partial charge in [-0.15, -0.1) is 0 Å². The molecule has 0 aromatic rings. The number of alkyl halides is 2. The summed E-state index contributed by atoms with van der Waals surface area (Å²) in [5, 5.41) is 0. The van der Waals surface area contributed by atoms with E-state index in [1.807, 2.05) is 0 Å². The summed E-state index contributed by atoms with van der Waals surface area (Å²) >= 11 is 0.569. The van der Waals surface area contributed by atoms with Crippen molar-refractivity contribution in [3.63, 3.8) is 0 Å². The summed E-state index contributed by atoms with van der Waals surface area (Å²) < 4.78 is 24.5. The van der Waals surface area contributed by atoms with Crippen LogP contribution in [0.25, 0.3) is 0 Å². The van der Waals surface area contributed by atoms with E-state index in [0.717, 1.165) is 22.6 Å². The molecule has 4 aliphatic rings. The van der Waals surface area contributed by atoms with Crippen LogP contribution in [0.5, 0.6) is 0 Å². The van der Waals surface area contributed by atoms with E-state index < -0.39 is 0 Å². The Balaban J connectivity index is 0.000000249. The zero-order valence-electron chi connectivity index (χ0n) is 24.3. The number of rotatable bonds is 10. The van der Waals surface area contributed by atoms with Crippen molar-refractivity contribution in [3.8, 4) is 0 Å². The maximum atomic E-state index is 12.2. The van der Waals surface area contributed by atoms with Gasteiger partial charge < -0.3 is 0 Å². The van der Waals surface area contributed by atoms with Gasteiger partial charge in [-0.25, -0.2) is 8.78 Å². The molecule has 4 rings (SSSR count). The predicted molar refractivity (Wildman–Crippen MR) is 173 cm³/mol. The van der Waals surface area contributed by atoms with E-state index in [1.165, 1.54) is 141 Å².